The van der Waals surface area contributed by atoms with E-state index in [1.807, 2.05) is 53.4 Å². The first kappa shape index (κ1) is 24.5. The minimum absolute atomic E-state index is 0.0802. The van der Waals surface area contributed by atoms with Crippen molar-refractivity contribution in [1.29, 1.82) is 0 Å². The SMILES string of the molecule is O=C1CC(c2ccccc2)N(C(=O)COc2ccccc2)c2ccc(C(=O)N3CCCNCC3)cc2N1. The lowest BCUT2D eigenvalue weighted by Crippen LogP contribution is -2.38. The highest BCUT2D eigenvalue weighted by atomic mass is 16.5. The standard InChI is InChI=1S/C29H30N4O4/c34-27-19-26(21-8-3-1-4-9-21)33(28(35)20-37-23-10-5-2-6-11-23)25-13-12-22(18-24(25)31-27)29(36)32-16-7-14-30-15-17-32/h1-6,8-13,18,26,30H,7,14-17,19-20H2,(H,31,34). The average Bonchev–Trinajstić information content (AvgIpc) is 3.29. The number of nitrogens with one attached hydrogen (secondary N) is 2. The summed E-state index contributed by atoms with van der Waals surface area (Å²) >= 11 is 0. The highest BCUT2D eigenvalue weighted by Gasteiger charge is 2.34. The van der Waals surface area contributed by atoms with E-state index in [1.165, 1.54) is 0 Å². The number of ether oxygens (including phenoxy) is 1. The minimum atomic E-state index is -0.521. The van der Waals surface area contributed by atoms with E-state index in [9.17, 15) is 14.4 Å². The predicted molar refractivity (Wildman–Crippen MR) is 142 cm³/mol. The first-order valence-electron chi connectivity index (χ1n) is 12.6. The van der Waals surface area contributed by atoms with E-state index in [0.29, 0.717) is 35.8 Å². The monoisotopic (exact) mass is 498 g/mol. The van der Waals surface area contributed by atoms with Crippen molar-refractivity contribution < 1.29 is 19.1 Å². The Morgan fingerprint density at radius 1 is 0.919 bits per heavy atom. The molecule has 37 heavy (non-hydrogen) atoms. The van der Waals surface area contributed by atoms with Crippen LogP contribution in [0.2, 0.25) is 0 Å². The fourth-order valence-electron chi connectivity index (χ4n) is 4.83. The third-order valence-corrected chi connectivity index (χ3v) is 6.65. The van der Waals surface area contributed by atoms with Crippen molar-refractivity contribution in [1.82, 2.24) is 10.2 Å². The summed E-state index contributed by atoms with van der Waals surface area (Å²) in [6.45, 7) is 2.73. The molecule has 1 atom stereocenters. The molecule has 3 aromatic carbocycles. The van der Waals surface area contributed by atoms with Crippen LogP contribution in [0, 0.1) is 0 Å². The Bertz CT molecular complexity index is 1260. The zero-order chi connectivity index (χ0) is 25.6. The molecular formula is C29H30N4O4. The maximum atomic E-state index is 13.7. The fourth-order valence-corrected chi connectivity index (χ4v) is 4.83. The molecule has 0 spiro atoms. The summed E-state index contributed by atoms with van der Waals surface area (Å²) in [4.78, 5) is 43.4. The quantitative estimate of drug-likeness (QED) is 0.561. The van der Waals surface area contributed by atoms with Crippen molar-refractivity contribution in [3.05, 3.63) is 90.0 Å². The molecule has 0 aliphatic carbocycles. The van der Waals surface area contributed by atoms with Gasteiger partial charge in [0.25, 0.3) is 11.8 Å². The number of anilines is 2. The number of carbonyl (C=O) groups excluding carboxylic acids is 3. The van der Waals surface area contributed by atoms with Crippen LogP contribution in [0.3, 0.4) is 0 Å². The van der Waals surface area contributed by atoms with Crippen LogP contribution < -0.4 is 20.3 Å². The van der Waals surface area contributed by atoms with Gasteiger partial charge in [-0.3, -0.25) is 19.3 Å². The Morgan fingerprint density at radius 3 is 2.46 bits per heavy atom. The molecule has 2 N–H and O–H groups in total. The van der Waals surface area contributed by atoms with E-state index in [-0.39, 0.29) is 30.7 Å². The van der Waals surface area contributed by atoms with Crippen molar-refractivity contribution in [2.75, 3.05) is 43.0 Å². The Kier molecular flexibility index (Phi) is 7.46. The van der Waals surface area contributed by atoms with Crippen LogP contribution in [0.15, 0.2) is 78.9 Å². The Morgan fingerprint density at radius 2 is 1.68 bits per heavy atom. The van der Waals surface area contributed by atoms with Gasteiger partial charge in [0.05, 0.1) is 23.8 Å². The maximum Gasteiger partial charge on any atom is 0.265 e. The number of rotatable bonds is 5. The molecule has 8 heteroatoms. The van der Waals surface area contributed by atoms with Crippen LogP contribution in [-0.4, -0.2) is 55.4 Å². The third kappa shape index (κ3) is 5.65. The lowest BCUT2D eigenvalue weighted by atomic mass is 10.0. The lowest BCUT2D eigenvalue weighted by Gasteiger charge is -2.31. The molecule has 8 nitrogen and oxygen atoms in total. The van der Waals surface area contributed by atoms with Gasteiger partial charge in [0.15, 0.2) is 6.61 Å². The summed E-state index contributed by atoms with van der Waals surface area (Å²) in [5, 5.41) is 6.24. The first-order valence-corrected chi connectivity index (χ1v) is 12.6. The summed E-state index contributed by atoms with van der Waals surface area (Å²) in [7, 11) is 0. The van der Waals surface area contributed by atoms with Crippen LogP contribution in [0.1, 0.15) is 34.8 Å². The zero-order valence-corrected chi connectivity index (χ0v) is 20.6. The second-order valence-corrected chi connectivity index (χ2v) is 9.17. The van der Waals surface area contributed by atoms with Crippen molar-refractivity contribution in [2.24, 2.45) is 0 Å². The first-order chi connectivity index (χ1) is 18.1. The van der Waals surface area contributed by atoms with Gasteiger partial charge in [-0.2, -0.15) is 0 Å². The number of benzene rings is 3. The van der Waals surface area contributed by atoms with E-state index in [4.69, 9.17) is 4.74 Å². The second kappa shape index (κ2) is 11.3. The summed E-state index contributed by atoms with van der Waals surface area (Å²) in [6.07, 6.45) is 0.965. The lowest BCUT2D eigenvalue weighted by molar-refractivity contribution is -0.121. The van der Waals surface area contributed by atoms with Gasteiger partial charge < -0.3 is 20.3 Å². The number of hydrogen-bond acceptors (Lipinski definition) is 5. The molecule has 5 rings (SSSR count). The molecule has 1 fully saturated rings. The van der Waals surface area contributed by atoms with Crippen molar-refractivity contribution in [3.63, 3.8) is 0 Å². The van der Waals surface area contributed by atoms with Gasteiger partial charge in [-0.05, 0) is 48.9 Å². The van der Waals surface area contributed by atoms with Crippen LogP contribution in [-0.2, 0) is 9.59 Å². The van der Waals surface area contributed by atoms with Crippen molar-refractivity contribution in [2.45, 2.75) is 18.9 Å². The van der Waals surface area contributed by atoms with Crippen molar-refractivity contribution >= 4 is 29.1 Å². The minimum Gasteiger partial charge on any atom is -0.484 e. The van der Waals surface area contributed by atoms with Gasteiger partial charge in [0.1, 0.15) is 5.75 Å². The Balaban J connectivity index is 1.49. The van der Waals surface area contributed by atoms with Crippen LogP contribution >= 0.6 is 0 Å². The van der Waals surface area contributed by atoms with Crippen LogP contribution in [0.5, 0.6) is 5.75 Å². The Hall–Kier alpha value is -4.17. The number of amides is 3. The molecule has 190 valence electrons. The molecule has 0 saturated carbocycles. The van der Waals surface area contributed by atoms with Crippen LogP contribution in [0.4, 0.5) is 11.4 Å². The van der Waals surface area contributed by atoms with Crippen molar-refractivity contribution in [3.8, 4) is 5.75 Å². The molecule has 2 aliphatic heterocycles. The summed E-state index contributed by atoms with van der Waals surface area (Å²) in [6, 6.07) is 23.3. The third-order valence-electron chi connectivity index (χ3n) is 6.65. The van der Waals surface area contributed by atoms with E-state index < -0.39 is 6.04 Å². The fraction of sp³-hybridized carbons (Fsp3) is 0.276. The van der Waals surface area contributed by atoms with E-state index in [2.05, 4.69) is 10.6 Å². The van der Waals surface area contributed by atoms with Gasteiger partial charge in [0, 0.05) is 25.2 Å². The number of fused-ring (bicyclic) bond motifs is 1. The highest BCUT2D eigenvalue weighted by molar-refractivity contribution is 6.07. The van der Waals surface area contributed by atoms with Gasteiger partial charge in [0.2, 0.25) is 5.91 Å². The molecule has 0 bridgehead atoms. The summed E-state index contributed by atoms with van der Waals surface area (Å²) in [5.41, 5.74) is 2.30. The molecule has 2 aliphatic rings. The molecular weight excluding hydrogens is 468 g/mol. The average molecular weight is 499 g/mol. The number of nitrogens with zero attached hydrogens (tertiary/aromatic N) is 2. The molecule has 0 radical (unpaired) electrons. The van der Waals surface area contributed by atoms with Gasteiger partial charge in [-0.25, -0.2) is 0 Å². The molecule has 3 aromatic rings. The molecule has 2 heterocycles. The second-order valence-electron chi connectivity index (χ2n) is 9.17. The van der Waals surface area contributed by atoms with Crippen LogP contribution in [0.25, 0.3) is 0 Å². The number of para-hydroxylation sites is 1. The summed E-state index contributed by atoms with van der Waals surface area (Å²) < 4.78 is 5.78. The zero-order valence-electron chi connectivity index (χ0n) is 20.6. The highest BCUT2D eigenvalue weighted by Crippen LogP contribution is 2.39. The number of hydrogen-bond donors (Lipinski definition) is 2. The maximum absolute atomic E-state index is 13.7. The predicted octanol–water partition coefficient (Wildman–Crippen LogP) is 3.62. The van der Waals surface area contributed by atoms with E-state index in [1.54, 1.807) is 35.2 Å². The normalized spacial score (nSPS) is 17.7. The Labute approximate surface area is 216 Å². The topological polar surface area (TPSA) is 91.0 Å². The molecule has 1 saturated heterocycles. The molecule has 1 unspecified atom stereocenters. The smallest absolute Gasteiger partial charge is 0.265 e. The summed E-state index contributed by atoms with van der Waals surface area (Å²) in [5.74, 6) is -0.00906. The number of carbonyl (C=O) groups is 3. The van der Waals surface area contributed by atoms with E-state index >= 15 is 0 Å². The molecule has 0 aromatic heterocycles. The largest absolute Gasteiger partial charge is 0.484 e. The van der Waals surface area contributed by atoms with E-state index in [0.717, 1.165) is 25.1 Å². The van der Waals surface area contributed by atoms with Gasteiger partial charge in [-0.1, -0.05) is 48.5 Å². The van der Waals surface area contributed by atoms with Gasteiger partial charge >= 0.3 is 0 Å². The molecule has 3 amide bonds. The van der Waals surface area contributed by atoms with Gasteiger partial charge in [-0.15, -0.1) is 0 Å².